The SMILES string of the molecule is FC(F)(F)Oc1ccccc1C1(F)CCCNC1. The highest BCUT2D eigenvalue weighted by Crippen LogP contribution is 2.39. The van der Waals surface area contributed by atoms with Gasteiger partial charge in [-0.05, 0) is 25.5 Å². The van der Waals surface area contributed by atoms with Gasteiger partial charge in [0.05, 0.1) is 0 Å². The van der Waals surface area contributed by atoms with Crippen LogP contribution in [0.15, 0.2) is 24.3 Å². The molecule has 1 aromatic carbocycles. The topological polar surface area (TPSA) is 21.3 Å². The Hall–Kier alpha value is -1.30. The van der Waals surface area contributed by atoms with Crippen molar-refractivity contribution in [1.82, 2.24) is 5.32 Å². The molecule has 1 saturated heterocycles. The number of benzene rings is 1. The van der Waals surface area contributed by atoms with E-state index in [2.05, 4.69) is 10.1 Å². The maximum atomic E-state index is 14.6. The fraction of sp³-hybridized carbons (Fsp3) is 0.500. The molecule has 0 spiro atoms. The molecule has 18 heavy (non-hydrogen) atoms. The minimum Gasteiger partial charge on any atom is -0.405 e. The molecular formula is C12H13F4NO. The van der Waals surface area contributed by atoms with Crippen molar-refractivity contribution in [2.24, 2.45) is 0 Å². The van der Waals surface area contributed by atoms with E-state index in [-0.39, 0.29) is 18.5 Å². The van der Waals surface area contributed by atoms with Gasteiger partial charge in [0.2, 0.25) is 0 Å². The second kappa shape index (κ2) is 4.76. The summed E-state index contributed by atoms with van der Waals surface area (Å²) in [5, 5.41) is 2.85. The van der Waals surface area contributed by atoms with Crippen molar-refractivity contribution in [3.05, 3.63) is 29.8 Å². The maximum absolute atomic E-state index is 14.6. The van der Waals surface area contributed by atoms with Crippen molar-refractivity contribution >= 4 is 0 Å². The number of halogens is 4. The number of piperidine rings is 1. The average molecular weight is 263 g/mol. The van der Waals surface area contributed by atoms with Crippen LogP contribution in [-0.4, -0.2) is 19.5 Å². The Morgan fingerprint density at radius 2 is 1.94 bits per heavy atom. The summed E-state index contributed by atoms with van der Waals surface area (Å²) in [7, 11) is 0. The first-order valence-electron chi connectivity index (χ1n) is 5.66. The van der Waals surface area contributed by atoms with Crippen molar-refractivity contribution < 1.29 is 22.3 Å². The van der Waals surface area contributed by atoms with Gasteiger partial charge >= 0.3 is 6.36 Å². The predicted octanol–water partition coefficient (Wildman–Crippen LogP) is 3.13. The smallest absolute Gasteiger partial charge is 0.405 e. The van der Waals surface area contributed by atoms with Crippen LogP contribution in [-0.2, 0) is 5.67 Å². The normalized spacial score (nSPS) is 24.9. The quantitative estimate of drug-likeness (QED) is 0.828. The first-order valence-corrected chi connectivity index (χ1v) is 5.66. The monoisotopic (exact) mass is 263 g/mol. The molecule has 100 valence electrons. The Bertz CT molecular complexity index is 413. The van der Waals surface area contributed by atoms with Crippen molar-refractivity contribution in [2.75, 3.05) is 13.1 Å². The lowest BCUT2D eigenvalue weighted by atomic mass is 9.88. The molecule has 0 aromatic heterocycles. The Morgan fingerprint density at radius 3 is 2.56 bits per heavy atom. The standard InChI is InChI=1S/C12H13F4NO/c13-11(6-3-7-17-8-11)9-4-1-2-5-10(9)18-12(14,15)16/h1-2,4-5,17H,3,6-8H2. The first-order chi connectivity index (χ1) is 8.41. The number of nitrogens with one attached hydrogen (secondary N) is 1. The fourth-order valence-electron chi connectivity index (χ4n) is 2.15. The molecule has 2 rings (SSSR count). The van der Waals surface area contributed by atoms with E-state index in [4.69, 9.17) is 0 Å². The number of ether oxygens (including phenoxy) is 1. The van der Waals surface area contributed by atoms with Crippen LogP contribution in [0.3, 0.4) is 0 Å². The molecule has 6 heteroatoms. The largest absolute Gasteiger partial charge is 0.573 e. The molecule has 1 unspecified atom stereocenters. The molecule has 0 aliphatic carbocycles. The zero-order valence-corrected chi connectivity index (χ0v) is 9.56. The zero-order chi connectivity index (χ0) is 13.2. The third-order valence-electron chi connectivity index (χ3n) is 2.93. The van der Waals surface area contributed by atoms with E-state index in [9.17, 15) is 17.6 Å². The van der Waals surface area contributed by atoms with E-state index >= 15 is 0 Å². The summed E-state index contributed by atoms with van der Waals surface area (Å²) in [6.07, 6.45) is -4.04. The van der Waals surface area contributed by atoms with Gasteiger partial charge in [-0.2, -0.15) is 0 Å². The number of rotatable bonds is 2. The summed E-state index contributed by atoms with van der Waals surface area (Å²) in [5.74, 6) is -0.462. The Labute approximate surface area is 102 Å². The fourth-order valence-corrected chi connectivity index (χ4v) is 2.15. The Morgan fingerprint density at radius 1 is 1.22 bits per heavy atom. The molecule has 1 heterocycles. The van der Waals surface area contributed by atoms with Gasteiger partial charge in [-0.3, -0.25) is 0 Å². The van der Waals surface area contributed by atoms with Gasteiger partial charge in [0.25, 0.3) is 0 Å². The lowest BCUT2D eigenvalue weighted by Crippen LogP contribution is -2.40. The number of hydrogen-bond acceptors (Lipinski definition) is 2. The molecule has 0 radical (unpaired) electrons. The number of para-hydroxylation sites is 1. The highest BCUT2D eigenvalue weighted by Gasteiger charge is 2.39. The third kappa shape index (κ3) is 2.93. The summed E-state index contributed by atoms with van der Waals surface area (Å²) in [6, 6.07) is 5.38. The molecule has 2 nitrogen and oxygen atoms in total. The van der Waals surface area contributed by atoms with Crippen molar-refractivity contribution in [3.8, 4) is 5.75 Å². The van der Waals surface area contributed by atoms with Gasteiger partial charge in [-0.1, -0.05) is 18.2 Å². The molecule has 1 aliphatic heterocycles. The molecule has 1 aromatic rings. The van der Waals surface area contributed by atoms with E-state index < -0.39 is 17.8 Å². The first kappa shape index (κ1) is 13.1. The number of hydrogen-bond donors (Lipinski definition) is 1. The summed E-state index contributed by atoms with van der Waals surface area (Å²) in [6.45, 7) is 0.680. The molecule has 1 atom stereocenters. The van der Waals surface area contributed by atoms with Gasteiger partial charge in [-0.15, -0.1) is 13.2 Å². The second-order valence-corrected chi connectivity index (χ2v) is 4.29. The van der Waals surface area contributed by atoms with Crippen LogP contribution < -0.4 is 10.1 Å². The van der Waals surface area contributed by atoms with E-state index in [0.29, 0.717) is 13.0 Å². The van der Waals surface area contributed by atoms with Gasteiger partial charge in [0, 0.05) is 12.1 Å². The summed E-state index contributed by atoms with van der Waals surface area (Å²) < 4.78 is 55.3. The molecule has 0 bridgehead atoms. The minimum absolute atomic E-state index is 0.00519. The molecule has 0 saturated carbocycles. The molecule has 1 fully saturated rings. The summed E-state index contributed by atoms with van der Waals surface area (Å²) in [5.41, 5.74) is -1.85. The van der Waals surface area contributed by atoms with E-state index in [1.54, 1.807) is 0 Å². The highest BCUT2D eigenvalue weighted by atomic mass is 19.4. The van der Waals surface area contributed by atoms with E-state index in [1.165, 1.54) is 18.2 Å². The van der Waals surface area contributed by atoms with Crippen molar-refractivity contribution in [2.45, 2.75) is 24.9 Å². The summed E-state index contributed by atoms with van der Waals surface area (Å²) >= 11 is 0. The van der Waals surface area contributed by atoms with Gasteiger partial charge < -0.3 is 10.1 Å². The highest BCUT2D eigenvalue weighted by molar-refractivity contribution is 5.39. The van der Waals surface area contributed by atoms with Crippen LogP contribution in [0.2, 0.25) is 0 Å². The minimum atomic E-state index is -4.81. The Kier molecular flexibility index (Phi) is 3.47. The van der Waals surface area contributed by atoms with Crippen LogP contribution in [0.25, 0.3) is 0 Å². The average Bonchev–Trinajstić information content (AvgIpc) is 2.28. The third-order valence-corrected chi connectivity index (χ3v) is 2.93. The predicted molar refractivity (Wildman–Crippen MR) is 58.0 cm³/mol. The maximum Gasteiger partial charge on any atom is 0.573 e. The second-order valence-electron chi connectivity index (χ2n) is 4.29. The zero-order valence-electron chi connectivity index (χ0n) is 9.56. The molecular weight excluding hydrogens is 250 g/mol. The van der Waals surface area contributed by atoms with Crippen LogP contribution in [0.1, 0.15) is 18.4 Å². The van der Waals surface area contributed by atoms with Crippen LogP contribution in [0.4, 0.5) is 17.6 Å². The number of alkyl halides is 4. The van der Waals surface area contributed by atoms with Crippen LogP contribution in [0, 0.1) is 0 Å². The van der Waals surface area contributed by atoms with Gasteiger partial charge in [0.15, 0.2) is 5.67 Å². The van der Waals surface area contributed by atoms with Crippen LogP contribution >= 0.6 is 0 Å². The lowest BCUT2D eigenvalue weighted by Gasteiger charge is -2.31. The molecule has 0 amide bonds. The Balaban J connectivity index is 2.32. The van der Waals surface area contributed by atoms with Crippen molar-refractivity contribution in [1.29, 1.82) is 0 Å². The summed E-state index contributed by atoms with van der Waals surface area (Å²) in [4.78, 5) is 0. The molecule has 1 N–H and O–H groups in total. The lowest BCUT2D eigenvalue weighted by molar-refractivity contribution is -0.275. The van der Waals surface area contributed by atoms with Gasteiger partial charge in [0.1, 0.15) is 5.75 Å². The van der Waals surface area contributed by atoms with E-state index in [0.717, 1.165) is 6.07 Å². The van der Waals surface area contributed by atoms with Crippen molar-refractivity contribution in [3.63, 3.8) is 0 Å². The molecule has 1 aliphatic rings. The van der Waals surface area contributed by atoms with Gasteiger partial charge in [-0.25, -0.2) is 4.39 Å². The van der Waals surface area contributed by atoms with Crippen LogP contribution in [0.5, 0.6) is 5.75 Å². The van der Waals surface area contributed by atoms with E-state index in [1.807, 2.05) is 0 Å².